The van der Waals surface area contributed by atoms with Crippen molar-refractivity contribution in [1.82, 2.24) is 50.2 Å². The number of rotatable bonds is 22. The molecule has 5 N–H and O–H groups in total. The molecule has 91 heavy (non-hydrogen) atoms. The number of alkyl halides is 3. The van der Waals surface area contributed by atoms with Gasteiger partial charge in [-0.25, -0.2) is 19.3 Å². The predicted molar refractivity (Wildman–Crippen MR) is 337 cm³/mol. The molecule has 0 saturated carbocycles. The molecule has 3 fully saturated rings. The van der Waals surface area contributed by atoms with Gasteiger partial charge in [0.25, 0.3) is 5.91 Å². The SMILES string of the molecule is Cc1ncsc1-c1ccc(CNC(=O)[C@@H]2C[C@@H](O)CN2C(=O)[C@@H](NC(=O)CCOCCOCCC(=O)N2CCN(Cc3cnc(N4CC=C(c5cc(NC(=O)c6c[nH]c(=O)cc6C(F)(F)F)c(N6C[C@@H](C)N(C)[C@@H](C)C6)cc5F)CC4)nc3)CC2)C(C)(C)C)cc1. The summed E-state index contributed by atoms with van der Waals surface area (Å²) >= 11 is 1.56. The fourth-order valence-electron chi connectivity index (χ4n) is 11.8. The number of carbonyl (C=O) groups excluding carboxylic acids is 5. The van der Waals surface area contributed by atoms with Crippen molar-refractivity contribution in [2.75, 3.05) is 107 Å². The number of aromatic nitrogens is 4. The van der Waals surface area contributed by atoms with Gasteiger partial charge in [0.15, 0.2) is 0 Å². The van der Waals surface area contributed by atoms with E-state index in [1.54, 1.807) is 29.2 Å². The van der Waals surface area contributed by atoms with Gasteiger partial charge in [0.2, 0.25) is 35.1 Å². The van der Waals surface area contributed by atoms with E-state index in [-0.39, 0.29) is 88.0 Å². The Kier molecular flexibility index (Phi) is 22.1. The Balaban J connectivity index is 0.672. The number of thiazole rings is 1. The number of benzene rings is 2. The van der Waals surface area contributed by atoms with Crippen LogP contribution in [0.3, 0.4) is 0 Å². The number of anilines is 3. The lowest BCUT2D eigenvalue weighted by Gasteiger charge is -2.44. The number of piperazine rings is 2. The number of amides is 5. The summed E-state index contributed by atoms with van der Waals surface area (Å²) in [6.45, 7) is 16.9. The topological polar surface area (TPSA) is 251 Å². The fourth-order valence-corrected chi connectivity index (χ4v) is 12.6. The van der Waals surface area contributed by atoms with Crippen LogP contribution in [0.1, 0.15) is 98.6 Å². The highest BCUT2D eigenvalue weighted by atomic mass is 32.1. The van der Waals surface area contributed by atoms with Gasteiger partial charge in [-0.3, -0.25) is 38.6 Å². The third-order valence-corrected chi connectivity index (χ3v) is 18.2. The monoisotopic (exact) mass is 1280 g/mol. The number of aliphatic hydroxyl groups excluding tert-OH is 1. The maximum Gasteiger partial charge on any atom is 0.417 e. The van der Waals surface area contributed by atoms with Crippen LogP contribution in [0.15, 0.2) is 77.4 Å². The second kappa shape index (κ2) is 29.7. The van der Waals surface area contributed by atoms with E-state index in [1.165, 1.54) is 17.0 Å². The third-order valence-electron chi connectivity index (χ3n) is 17.2. The summed E-state index contributed by atoms with van der Waals surface area (Å²) in [7, 11) is 1.98. The summed E-state index contributed by atoms with van der Waals surface area (Å²) in [6.07, 6.45) is 0.823. The first-order valence-corrected chi connectivity index (χ1v) is 31.6. The maximum atomic E-state index is 16.3. The summed E-state index contributed by atoms with van der Waals surface area (Å²) < 4.78 is 69.7. The Morgan fingerprint density at radius 2 is 1.54 bits per heavy atom. The first-order chi connectivity index (χ1) is 43.3. The normalized spacial score (nSPS) is 19.7. The highest BCUT2D eigenvalue weighted by molar-refractivity contribution is 7.13. The summed E-state index contributed by atoms with van der Waals surface area (Å²) in [5, 5.41) is 19.0. The van der Waals surface area contributed by atoms with Crippen LogP contribution >= 0.6 is 11.3 Å². The van der Waals surface area contributed by atoms with E-state index in [2.05, 4.69) is 45.7 Å². The summed E-state index contributed by atoms with van der Waals surface area (Å²) in [4.78, 5) is 108. The van der Waals surface area contributed by atoms with Crippen LogP contribution in [0.4, 0.5) is 34.9 Å². The highest BCUT2D eigenvalue weighted by Gasteiger charge is 2.45. The number of aromatic amines is 1. The molecule has 0 unspecified atom stereocenters. The van der Waals surface area contributed by atoms with Gasteiger partial charge in [0.1, 0.15) is 17.9 Å². The van der Waals surface area contributed by atoms with Crippen molar-refractivity contribution in [1.29, 1.82) is 0 Å². The molecule has 9 rings (SSSR count). The molecule has 4 aliphatic heterocycles. The molecule has 0 radical (unpaired) electrons. The summed E-state index contributed by atoms with van der Waals surface area (Å²) in [5.41, 5.74) is 2.93. The lowest BCUT2D eigenvalue weighted by atomic mass is 9.85. The molecule has 4 aliphatic rings. The van der Waals surface area contributed by atoms with E-state index in [1.807, 2.05) is 93.6 Å². The molecule has 5 atom stereocenters. The van der Waals surface area contributed by atoms with Crippen molar-refractivity contribution in [2.45, 2.75) is 117 Å². The molecule has 7 heterocycles. The van der Waals surface area contributed by atoms with Crippen LogP contribution in [0, 0.1) is 18.2 Å². The minimum atomic E-state index is -4.98. The van der Waals surface area contributed by atoms with E-state index in [0.717, 1.165) is 33.5 Å². The van der Waals surface area contributed by atoms with Gasteiger partial charge in [-0.1, -0.05) is 51.1 Å². The molecular weight excluding hydrogens is 1200 g/mol. The average molecular weight is 1280 g/mol. The molecular formula is C64H81F4N13O9S. The zero-order valence-electron chi connectivity index (χ0n) is 52.4. The maximum absolute atomic E-state index is 16.3. The van der Waals surface area contributed by atoms with Crippen LogP contribution < -0.4 is 31.3 Å². The number of pyridine rings is 1. The largest absolute Gasteiger partial charge is 0.417 e. The number of hydrogen-bond acceptors (Lipinski definition) is 17. The number of ether oxygens (including phenoxy) is 2. The van der Waals surface area contributed by atoms with E-state index in [0.29, 0.717) is 88.6 Å². The Morgan fingerprint density at radius 3 is 2.16 bits per heavy atom. The minimum Gasteiger partial charge on any atom is -0.391 e. The van der Waals surface area contributed by atoms with Crippen LogP contribution in [-0.4, -0.2) is 197 Å². The molecule has 3 saturated heterocycles. The van der Waals surface area contributed by atoms with Crippen LogP contribution in [0.5, 0.6) is 0 Å². The summed E-state index contributed by atoms with van der Waals surface area (Å²) in [6, 6.07) is 9.15. The summed E-state index contributed by atoms with van der Waals surface area (Å²) in [5.74, 6) is -2.47. The number of aryl methyl sites for hydroxylation is 1. The van der Waals surface area contributed by atoms with Crippen molar-refractivity contribution >= 4 is 63.8 Å². The first kappa shape index (κ1) is 67.7. The molecule has 27 heteroatoms. The number of nitrogens with zero attached hydrogens (tertiary/aromatic N) is 9. The second-order valence-corrected chi connectivity index (χ2v) is 25.7. The third kappa shape index (κ3) is 17.3. The van der Waals surface area contributed by atoms with E-state index < -0.39 is 75.9 Å². The van der Waals surface area contributed by atoms with Gasteiger partial charge >= 0.3 is 6.18 Å². The number of likely N-dealkylation sites (tertiary alicyclic amines) is 1. The number of carbonyl (C=O) groups is 5. The number of likely N-dealkylation sites (N-methyl/N-ethyl adjacent to an activating group) is 1. The van der Waals surface area contributed by atoms with Gasteiger partial charge in [0, 0.05) is 133 Å². The molecule has 5 aromatic rings. The lowest BCUT2D eigenvalue weighted by Crippen LogP contribution is -2.57. The molecule has 3 aromatic heterocycles. The molecule has 0 spiro atoms. The van der Waals surface area contributed by atoms with Gasteiger partial charge < -0.3 is 55.1 Å². The Hall–Kier alpha value is -7.69. The molecule has 2 aromatic carbocycles. The number of aliphatic hydroxyl groups is 1. The van der Waals surface area contributed by atoms with Crippen LogP contribution in [0.25, 0.3) is 16.0 Å². The molecule has 5 amide bonds. The van der Waals surface area contributed by atoms with Crippen molar-refractivity contribution in [2.24, 2.45) is 5.41 Å². The number of β-amino-alcohol motifs (C(OH)–C–C–N with tert-alkyl or cyclic N) is 1. The van der Waals surface area contributed by atoms with E-state index >= 15 is 4.39 Å². The Bertz CT molecular complexity index is 3470. The zero-order valence-corrected chi connectivity index (χ0v) is 53.2. The van der Waals surface area contributed by atoms with Gasteiger partial charge in [-0.15, -0.1) is 11.3 Å². The Morgan fingerprint density at radius 1 is 0.857 bits per heavy atom. The number of hydrogen-bond donors (Lipinski definition) is 5. The van der Waals surface area contributed by atoms with Crippen LogP contribution in [-0.2, 0) is 47.9 Å². The minimum absolute atomic E-state index is 0.0290. The standard InChI is InChI=1S/C64H81F4N13O9S/c1-39-34-80(35-40(2)76(39)7)52-29-50(65)47(27-51(52)74-59(86)48-33-69-55(84)28-49(48)64(66,67)68)44-12-16-79(17-13-44)62-71-31-43(32-72-62)36-77-18-20-78(21-19-77)56(85)15-23-90-25-24-89-22-14-54(83)75-58(63(4,5)6)61(88)81-37-46(82)26-53(81)60(87)70-30-42-8-10-45(11-9-42)57-41(3)73-38-91-57/h8-12,27-29,31-33,38-40,46,53,58,82H,13-26,30,34-37H2,1-7H3,(H,69,84)(H,70,87)(H,74,86)(H,75,83)/t39-,40+,46-,53+,58-/m1/s1. The average Bonchev–Trinajstić information content (AvgIpc) is 1.29. The van der Waals surface area contributed by atoms with E-state index in [4.69, 9.17) is 9.47 Å². The van der Waals surface area contributed by atoms with E-state index in [9.17, 15) is 47.0 Å². The van der Waals surface area contributed by atoms with Crippen molar-refractivity contribution in [3.63, 3.8) is 0 Å². The van der Waals surface area contributed by atoms with Crippen molar-refractivity contribution in [3.05, 3.63) is 122 Å². The zero-order chi connectivity index (χ0) is 65.3. The number of halogens is 4. The molecule has 0 aliphatic carbocycles. The van der Waals surface area contributed by atoms with Crippen LogP contribution in [0.2, 0.25) is 0 Å². The number of nitrogens with one attached hydrogen (secondary N) is 4. The molecule has 490 valence electrons. The molecule has 22 nitrogen and oxygen atoms in total. The molecule has 0 bridgehead atoms. The second-order valence-electron chi connectivity index (χ2n) is 24.8. The highest BCUT2D eigenvalue weighted by Crippen LogP contribution is 2.38. The van der Waals surface area contributed by atoms with Gasteiger partial charge in [0.05, 0.1) is 77.5 Å². The van der Waals surface area contributed by atoms with Gasteiger partial charge in [-0.05, 0) is 68.5 Å². The van der Waals surface area contributed by atoms with Crippen molar-refractivity contribution in [3.8, 4) is 10.4 Å². The van der Waals surface area contributed by atoms with Crippen molar-refractivity contribution < 1.29 is 56.1 Å². The quantitative estimate of drug-likeness (QED) is 0.0388. The smallest absolute Gasteiger partial charge is 0.391 e. The van der Waals surface area contributed by atoms with Gasteiger partial charge in [-0.2, -0.15) is 13.2 Å². The Labute approximate surface area is 530 Å². The first-order valence-electron chi connectivity index (χ1n) is 30.7. The number of H-pyrrole nitrogens is 1. The predicted octanol–water partition coefficient (Wildman–Crippen LogP) is 6.10. The lowest BCUT2D eigenvalue weighted by molar-refractivity contribution is -0.144. The fraction of sp³-hybridized carbons (Fsp3) is 0.516.